The highest BCUT2D eigenvalue weighted by molar-refractivity contribution is 5.77. The van der Waals surface area contributed by atoms with Gasteiger partial charge in [-0.15, -0.1) is 0 Å². The van der Waals surface area contributed by atoms with Gasteiger partial charge in [0.2, 0.25) is 5.91 Å². The van der Waals surface area contributed by atoms with Gasteiger partial charge in [0.05, 0.1) is 7.11 Å². The highest BCUT2D eigenvalue weighted by Gasteiger charge is 2.15. The summed E-state index contributed by atoms with van der Waals surface area (Å²) in [6.45, 7) is 4.19. The van der Waals surface area contributed by atoms with Crippen LogP contribution in [0.3, 0.4) is 0 Å². The van der Waals surface area contributed by atoms with Crippen molar-refractivity contribution in [3.05, 3.63) is 54.1 Å². The minimum atomic E-state index is -0.486. The molecule has 2 aromatic rings. The first-order valence-electron chi connectivity index (χ1n) is 7.66. The Morgan fingerprint density at radius 2 is 1.83 bits per heavy atom. The van der Waals surface area contributed by atoms with Crippen LogP contribution in [-0.4, -0.2) is 18.6 Å². The van der Waals surface area contributed by atoms with Crippen LogP contribution in [0.15, 0.2) is 48.5 Å². The number of benzene rings is 2. The molecule has 3 N–H and O–H groups in total. The molecule has 122 valence electrons. The van der Waals surface area contributed by atoms with Crippen LogP contribution in [0.4, 0.5) is 0 Å². The van der Waals surface area contributed by atoms with Gasteiger partial charge in [-0.3, -0.25) is 4.79 Å². The zero-order chi connectivity index (χ0) is 16.9. The molecular formula is C19H24N2O2. The molecule has 4 heteroatoms. The first-order valence-corrected chi connectivity index (χ1v) is 7.66. The second-order valence-electron chi connectivity index (χ2n) is 6.37. The molecule has 0 atom stereocenters. The first-order chi connectivity index (χ1) is 10.9. The number of nitrogens with one attached hydrogen (secondary N) is 1. The van der Waals surface area contributed by atoms with E-state index >= 15 is 0 Å². The molecule has 0 heterocycles. The monoisotopic (exact) mass is 312 g/mol. The van der Waals surface area contributed by atoms with Crippen molar-refractivity contribution in [3.8, 4) is 16.9 Å². The van der Waals surface area contributed by atoms with E-state index in [0.717, 1.165) is 22.4 Å². The molecule has 0 unspecified atom stereocenters. The minimum absolute atomic E-state index is 0.0330. The number of hydrogen-bond donors (Lipinski definition) is 2. The predicted octanol–water partition coefficient (Wildman–Crippen LogP) is 3.11. The van der Waals surface area contributed by atoms with Crippen molar-refractivity contribution in [2.45, 2.75) is 32.4 Å². The van der Waals surface area contributed by atoms with Crippen molar-refractivity contribution >= 4 is 5.91 Å². The topological polar surface area (TPSA) is 64.3 Å². The molecule has 0 saturated carbocycles. The summed E-state index contributed by atoms with van der Waals surface area (Å²) in [5.41, 5.74) is 8.63. The van der Waals surface area contributed by atoms with Crippen LogP contribution in [0.2, 0.25) is 0 Å². The fourth-order valence-corrected chi connectivity index (χ4v) is 2.29. The molecule has 0 spiro atoms. The molecular weight excluding hydrogens is 288 g/mol. The smallest absolute Gasteiger partial charge is 0.222 e. The number of rotatable bonds is 6. The molecule has 1 amide bonds. The molecule has 0 radical (unpaired) electrons. The SMILES string of the molecule is COc1cccc(-c2ccc(CNC(=O)CC(C)(C)N)cc2)c1. The minimum Gasteiger partial charge on any atom is -0.497 e. The molecule has 0 bridgehead atoms. The van der Waals surface area contributed by atoms with Gasteiger partial charge in [0, 0.05) is 18.5 Å². The van der Waals surface area contributed by atoms with Gasteiger partial charge in [0.1, 0.15) is 5.75 Å². The number of nitrogens with two attached hydrogens (primary N) is 1. The summed E-state index contributed by atoms with van der Waals surface area (Å²) in [4.78, 5) is 11.8. The van der Waals surface area contributed by atoms with E-state index in [9.17, 15) is 4.79 Å². The van der Waals surface area contributed by atoms with Crippen LogP contribution in [-0.2, 0) is 11.3 Å². The van der Waals surface area contributed by atoms with Crippen LogP contribution < -0.4 is 15.8 Å². The normalized spacial score (nSPS) is 11.1. The van der Waals surface area contributed by atoms with Crippen LogP contribution in [0.5, 0.6) is 5.75 Å². The molecule has 0 aromatic heterocycles. The van der Waals surface area contributed by atoms with E-state index in [0.29, 0.717) is 13.0 Å². The molecule has 2 rings (SSSR count). The number of carbonyl (C=O) groups is 1. The van der Waals surface area contributed by atoms with E-state index in [-0.39, 0.29) is 5.91 Å². The molecule has 0 aliphatic carbocycles. The average Bonchev–Trinajstić information content (AvgIpc) is 2.52. The molecule has 0 aliphatic rings. The quantitative estimate of drug-likeness (QED) is 0.861. The summed E-state index contributed by atoms with van der Waals surface area (Å²) in [5.74, 6) is 0.803. The van der Waals surface area contributed by atoms with E-state index in [4.69, 9.17) is 10.5 Å². The fourth-order valence-electron chi connectivity index (χ4n) is 2.29. The largest absolute Gasteiger partial charge is 0.497 e. The molecule has 23 heavy (non-hydrogen) atoms. The van der Waals surface area contributed by atoms with Gasteiger partial charge in [0.15, 0.2) is 0 Å². The lowest BCUT2D eigenvalue weighted by Crippen LogP contribution is -2.38. The highest BCUT2D eigenvalue weighted by Crippen LogP contribution is 2.24. The predicted molar refractivity (Wildman–Crippen MR) is 93.2 cm³/mol. The Morgan fingerprint density at radius 3 is 2.43 bits per heavy atom. The maximum absolute atomic E-state index is 11.8. The Labute approximate surface area is 137 Å². The molecule has 4 nitrogen and oxygen atoms in total. The maximum Gasteiger partial charge on any atom is 0.222 e. The number of methoxy groups -OCH3 is 1. The lowest BCUT2D eigenvalue weighted by Gasteiger charge is -2.17. The van der Waals surface area contributed by atoms with E-state index in [2.05, 4.69) is 5.32 Å². The standard InChI is InChI=1S/C19H24N2O2/c1-19(2,20)12-18(22)21-13-14-7-9-15(10-8-14)16-5-4-6-17(11-16)23-3/h4-11H,12-13,20H2,1-3H3,(H,21,22). The van der Waals surface area contributed by atoms with Gasteiger partial charge in [-0.2, -0.15) is 0 Å². The average molecular weight is 312 g/mol. The van der Waals surface area contributed by atoms with Gasteiger partial charge in [-0.1, -0.05) is 36.4 Å². The second kappa shape index (κ2) is 7.29. The summed E-state index contributed by atoms with van der Waals surface area (Å²) in [7, 11) is 1.66. The molecule has 0 aliphatic heterocycles. The molecule has 0 fully saturated rings. The van der Waals surface area contributed by atoms with Crippen LogP contribution >= 0.6 is 0 Å². The number of carbonyl (C=O) groups excluding carboxylic acids is 1. The summed E-state index contributed by atoms with van der Waals surface area (Å²) in [6.07, 6.45) is 0.314. The van der Waals surface area contributed by atoms with Crippen molar-refractivity contribution in [3.63, 3.8) is 0 Å². The van der Waals surface area contributed by atoms with Gasteiger partial charge in [0.25, 0.3) is 0 Å². The van der Waals surface area contributed by atoms with Gasteiger partial charge in [-0.05, 0) is 42.7 Å². The van der Waals surface area contributed by atoms with Crippen molar-refractivity contribution in [1.82, 2.24) is 5.32 Å². The molecule has 0 saturated heterocycles. The zero-order valence-electron chi connectivity index (χ0n) is 13.9. The number of hydrogen-bond acceptors (Lipinski definition) is 3. The summed E-state index contributed by atoms with van der Waals surface area (Å²) in [5, 5.41) is 2.89. The third-order valence-electron chi connectivity index (χ3n) is 3.46. The highest BCUT2D eigenvalue weighted by atomic mass is 16.5. The summed E-state index contributed by atoms with van der Waals surface area (Å²) in [6, 6.07) is 16.1. The zero-order valence-corrected chi connectivity index (χ0v) is 13.9. The van der Waals surface area contributed by atoms with Crippen molar-refractivity contribution in [2.75, 3.05) is 7.11 Å². The Balaban J connectivity index is 1.98. The fraction of sp³-hybridized carbons (Fsp3) is 0.316. The Morgan fingerprint density at radius 1 is 1.13 bits per heavy atom. The number of ether oxygens (including phenoxy) is 1. The number of amides is 1. The van der Waals surface area contributed by atoms with Gasteiger partial charge >= 0.3 is 0 Å². The Kier molecular flexibility index (Phi) is 5.40. The Bertz CT molecular complexity index is 658. The van der Waals surface area contributed by atoms with E-state index < -0.39 is 5.54 Å². The van der Waals surface area contributed by atoms with Crippen LogP contribution in [0, 0.1) is 0 Å². The summed E-state index contributed by atoms with van der Waals surface area (Å²) < 4.78 is 5.25. The van der Waals surface area contributed by atoms with E-state index in [1.807, 2.05) is 62.4 Å². The third kappa shape index (κ3) is 5.42. The van der Waals surface area contributed by atoms with Gasteiger partial charge in [-0.25, -0.2) is 0 Å². The lowest BCUT2D eigenvalue weighted by atomic mass is 10.0. The van der Waals surface area contributed by atoms with Crippen molar-refractivity contribution in [1.29, 1.82) is 0 Å². The van der Waals surface area contributed by atoms with Crippen LogP contribution in [0.25, 0.3) is 11.1 Å². The van der Waals surface area contributed by atoms with Gasteiger partial charge < -0.3 is 15.8 Å². The maximum atomic E-state index is 11.8. The van der Waals surface area contributed by atoms with Crippen molar-refractivity contribution < 1.29 is 9.53 Å². The third-order valence-corrected chi connectivity index (χ3v) is 3.46. The Hall–Kier alpha value is -2.33. The van der Waals surface area contributed by atoms with E-state index in [1.54, 1.807) is 7.11 Å². The van der Waals surface area contributed by atoms with Crippen molar-refractivity contribution in [2.24, 2.45) is 5.73 Å². The first kappa shape index (κ1) is 17.0. The second-order valence-corrected chi connectivity index (χ2v) is 6.37. The molecule has 2 aromatic carbocycles. The summed E-state index contributed by atoms with van der Waals surface area (Å²) >= 11 is 0. The van der Waals surface area contributed by atoms with Crippen LogP contribution in [0.1, 0.15) is 25.8 Å². The lowest BCUT2D eigenvalue weighted by molar-refractivity contribution is -0.122. The van der Waals surface area contributed by atoms with E-state index in [1.165, 1.54) is 0 Å².